The summed E-state index contributed by atoms with van der Waals surface area (Å²) in [7, 11) is 1.55. The van der Waals surface area contributed by atoms with Crippen LogP contribution in [0.1, 0.15) is 28.8 Å². The number of benzene rings is 2. The lowest BCUT2D eigenvalue weighted by molar-refractivity contribution is -0.154. The standard InChI is InChI=1S/C22H23N3O4/c1-29-19-7-3-2-5-17(19)23-21(27)16-10-8-15(9-11-16)13-24-14-20(26)25-12-4-6-18(25)22(24)28/h2-3,5,7-11,18H,4,6,12-14H2,1H3,(H,23,27). The smallest absolute Gasteiger partial charge is 0.255 e. The molecule has 0 aromatic heterocycles. The summed E-state index contributed by atoms with van der Waals surface area (Å²) in [4.78, 5) is 40.7. The van der Waals surface area contributed by atoms with E-state index < -0.39 is 0 Å². The molecular formula is C22H23N3O4. The summed E-state index contributed by atoms with van der Waals surface area (Å²) in [6.45, 7) is 1.16. The Bertz CT molecular complexity index is 941. The van der Waals surface area contributed by atoms with Crippen LogP contribution in [0.15, 0.2) is 48.5 Å². The summed E-state index contributed by atoms with van der Waals surface area (Å²) in [6, 6.07) is 14.0. The number of nitrogens with zero attached hydrogens (tertiary/aromatic N) is 2. The Morgan fingerprint density at radius 2 is 1.90 bits per heavy atom. The van der Waals surface area contributed by atoms with E-state index in [9.17, 15) is 14.4 Å². The summed E-state index contributed by atoms with van der Waals surface area (Å²) >= 11 is 0. The largest absolute Gasteiger partial charge is 0.495 e. The molecule has 0 bridgehead atoms. The number of anilines is 1. The van der Waals surface area contributed by atoms with E-state index in [1.165, 1.54) is 0 Å². The molecule has 1 N–H and O–H groups in total. The van der Waals surface area contributed by atoms with Gasteiger partial charge in [0.2, 0.25) is 11.8 Å². The maximum Gasteiger partial charge on any atom is 0.255 e. The number of piperazine rings is 1. The minimum atomic E-state index is -0.304. The Morgan fingerprint density at radius 1 is 1.14 bits per heavy atom. The first kappa shape index (κ1) is 19.0. The highest BCUT2D eigenvalue weighted by molar-refractivity contribution is 6.05. The van der Waals surface area contributed by atoms with Crippen LogP contribution in [0.2, 0.25) is 0 Å². The number of amides is 3. The Balaban J connectivity index is 1.42. The van der Waals surface area contributed by atoms with Crippen LogP contribution in [0.5, 0.6) is 5.75 Å². The lowest BCUT2D eigenvalue weighted by Crippen LogP contribution is -2.56. The van der Waals surface area contributed by atoms with Gasteiger partial charge in [-0.2, -0.15) is 0 Å². The summed E-state index contributed by atoms with van der Waals surface area (Å²) in [5.74, 6) is 0.374. The van der Waals surface area contributed by atoms with Crippen LogP contribution >= 0.6 is 0 Å². The SMILES string of the molecule is COc1ccccc1NC(=O)c1ccc(CN2CC(=O)N3CCCC3C2=O)cc1. The second-order valence-electron chi connectivity index (χ2n) is 7.29. The first-order valence-electron chi connectivity index (χ1n) is 9.68. The molecule has 2 aliphatic rings. The quantitative estimate of drug-likeness (QED) is 0.845. The third-order valence-corrected chi connectivity index (χ3v) is 5.44. The zero-order chi connectivity index (χ0) is 20.4. The molecule has 0 saturated carbocycles. The van der Waals surface area contributed by atoms with E-state index in [-0.39, 0.29) is 30.3 Å². The van der Waals surface area contributed by atoms with E-state index in [4.69, 9.17) is 4.74 Å². The zero-order valence-electron chi connectivity index (χ0n) is 16.3. The summed E-state index contributed by atoms with van der Waals surface area (Å²) in [5.41, 5.74) is 1.98. The highest BCUT2D eigenvalue weighted by Gasteiger charge is 2.41. The molecule has 3 amide bonds. The Labute approximate surface area is 169 Å². The molecule has 0 spiro atoms. The van der Waals surface area contributed by atoms with Gasteiger partial charge in [-0.3, -0.25) is 14.4 Å². The van der Waals surface area contributed by atoms with E-state index in [1.807, 2.05) is 24.3 Å². The molecule has 0 aliphatic carbocycles. The third kappa shape index (κ3) is 3.81. The predicted octanol–water partition coefficient (Wildman–Crippen LogP) is 2.28. The number of methoxy groups -OCH3 is 1. The Hall–Kier alpha value is -3.35. The number of hydrogen-bond donors (Lipinski definition) is 1. The van der Waals surface area contributed by atoms with Gasteiger partial charge in [0.15, 0.2) is 0 Å². The van der Waals surface area contributed by atoms with Crippen molar-refractivity contribution in [2.24, 2.45) is 0 Å². The van der Waals surface area contributed by atoms with Gasteiger partial charge in [-0.15, -0.1) is 0 Å². The van der Waals surface area contributed by atoms with Crippen molar-refractivity contribution in [1.29, 1.82) is 0 Å². The van der Waals surface area contributed by atoms with Crippen molar-refractivity contribution in [3.8, 4) is 5.75 Å². The van der Waals surface area contributed by atoms with Crippen molar-refractivity contribution in [2.75, 3.05) is 25.5 Å². The highest BCUT2D eigenvalue weighted by Crippen LogP contribution is 2.25. The molecule has 2 aromatic rings. The minimum Gasteiger partial charge on any atom is -0.495 e. The molecular weight excluding hydrogens is 370 g/mol. The topological polar surface area (TPSA) is 79.0 Å². The monoisotopic (exact) mass is 393 g/mol. The maximum atomic E-state index is 12.7. The molecule has 0 radical (unpaired) electrons. The Morgan fingerprint density at radius 3 is 2.66 bits per heavy atom. The van der Waals surface area contributed by atoms with Crippen LogP contribution in [0.3, 0.4) is 0 Å². The Kier molecular flexibility index (Phi) is 5.20. The fourth-order valence-electron chi connectivity index (χ4n) is 3.92. The average Bonchev–Trinajstić information content (AvgIpc) is 3.23. The van der Waals surface area contributed by atoms with Gasteiger partial charge in [0.05, 0.1) is 12.8 Å². The summed E-state index contributed by atoms with van der Waals surface area (Å²) < 4.78 is 5.25. The van der Waals surface area contributed by atoms with E-state index >= 15 is 0 Å². The number of carbonyl (C=O) groups is 3. The van der Waals surface area contributed by atoms with Crippen molar-refractivity contribution in [2.45, 2.75) is 25.4 Å². The molecule has 2 aromatic carbocycles. The fourth-order valence-corrected chi connectivity index (χ4v) is 3.92. The number of fused-ring (bicyclic) bond motifs is 1. The van der Waals surface area contributed by atoms with Crippen molar-refractivity contribution in [3.05, 3.63) is 59.7 Å². The van der Waals surface area contributed by atoms with Gasteiger partial charge in [0.25, 0.3) is 5.91 Å². The number of rotatable bonds is 5. The molecule has 2 heterocycles. The lowest BCUT2D eigenvalue weighted by Gasteiger charge is -2.36. The van der Waals surface area contributed by atoms with E-state index in [0.717, 1.165) is 18.4 Å². The van der Waals surface area contributed by atoms with Crippen LogP contribution < -0.4 is 10.1 Å². The maximum absolute atomic E-state index is 12.7. The van der Waals surface area contributed by atoms with Crippen LogP contribution in [-0.2, 0) is 16.1 Å². The van der Waals surface area contributed by atoms with Gasteiger partial charge < -0.3 is 19.9 Å². The normalized spacial score (nSPS) is 18.6. The van der Waals surface area contributed by atoms with Gasteiger partial charge in [0, 0.05) is 18.7 Å². The van der Waals surface area contributed by atoms with E-state index in [0.29, 0.717) is 30.1 Å². The van der Waals surface area contributed by atoms with Crippen molar-refractivity contribution in [1.82, 2.24) is 9.80 Å². The second kappa shape index (κ2) is 7.95. The number of hydrogen-bond acceptors (Lipinski definition) is 4. The van der Waals surface area contributed by atoms with Gasteiger partial charge in [-0.1, -0.05) is 24.3 Å². The number of nitrogens with one attached hydrogen (secondary N) is 1. The van der Waals surface area contributed by atoms with Crippen molar-refractivity contribution in [3.63, 3.8) is 0 Å². The van der Waals surface area contributed by atoms with Gasteiger partial charge in [0.1, 0.15) is 18.3 Å². The molecule has 29 heavy (non-hydrogen) atoms. The molecule has 7 heteroatoms. The lowest BCUT2D eigenvalue weighted by atomic mass is 10.1. The number of ether oxygens (including phenoxy) is 1. The molecule has 1 atom stereocenters. The van der Waals surface area contributed by atoms with Crippen LogP contribution in [0, 0.1) is 0 Å². The fraction of sp³-hybridized carbons (Fsp3) is 0.318. The zero-order valence-corrected chi connectivity index (χ0v) is 16.3. The molecule has 1 unspecified atom stereocenters. The highest BCUT2D eigenvalue weighted by atomic mass is 16.5. The molecule has 7 nitrogen and oxygen atoms in total. The molecule has 2 aliphatic heterocycles. The van der Waals surface area contributed by atoms with Crippen LogP contribution in [0.25, 0.3) is 0 Å². The number of para-hydroxylation sites is 2. The first-order chi connectivity index (χ1) is 14.1. The number of carbonyl (C=O) groups excluding carboxylic acids is 3. The summed E-state index contributed by atoms with van der Waals surface area (Å²) in [6.07, 6.45) is 1.62. The van der Waals surface area contributed by atoms with Gasteiger partial charge in [-0.05, 0) is 42.7 Å². The van der Waals surface area contributed by atoms with Crippen LogP contribution in [-0.4, -0.2) is 53.8 Å². The van der Waals surface area contributed by atoms with Crippen molar-refractivity contribution >= 4 is 23.4 Å². The molecule has 2 fully saturated rings. The van der Waals surface area contributed by atoms with Crippen LogP contribution in [0.4, 0.5) is 5.69 Å². The van der Waals surface area contributed by atoms with E-state index in [1.54, 1.807) is 41.2 Å². The first-order valence-corrected chi connectivity index (χ1v) is 9.68. The van der Waals surface area contributed by atoms with Crippen molar-refractivity contribution < 1.29 is 19.1 Å². The average molecular weight is 393 g/mol. The summed E-state index contributed by atoms with van der Waals surface area (Å²) in [5, 5.41) is 2.84. The predicted molar refractivity (Wildman–Crippen MR) is 108 cm³/mol. The van der Waals surface area contributed by atoms with Gasteiger partial charge >= 0.3 is 0 Å². The van der Waals surface area contributed by atoms with E-state index in [2.05, 4.69) is 5.32 Å². The molecule has 150 valence electrons. The minimum absolute atomic E-state index is 0.0138. The third-order valence-electron chi connectivity index (χ3n) is 5.44. The molecule has 2 saturated heterocycles. The molecule has 4 rings (SSSR count). The second-order valence-corrected chi connectivity index (χ2v) is 7.29. The van der Waals surface area contributed by atoms with Gasteiger partial charge in [-0.25, -0.2) is 0 Å².